The fraction of sp³-hybridized carbons (Fsp3) is 0.0625. The molecule has 0 fully saturated rings. The Kier molecular flexibility index (Phi) is 5.03. The van der Waals surface area contributed by atoms with E-state index >= 15 is 0 Å². The van der Waals surface area contributed by atoms with Gasteiger partial charge in [0.15, 0.2) is 11.0 Å². The van der Waals surface area contributed by atoms with E-state index < -0.39 is 16.0 Å². The van der Waals surface area contributed by atoms with Crippen LogP contribution in [0.1, 0.15) is 10.4 Å². The van der Waals surface area contributed by atoms with Crippen LogP contribution in [-0.2, 0) is 14.8 Å². The monoisotopic (exact) mass is 392 g/mol. The first kappa shape index (κ1) is 18.1. The van der Waals surface area contributed by atoms with E-state index in [0.717, 1.165) is 0 Å². The highest BCUT2D eigenvalue weighted by atomic mass is 35.5. The first-order valence-electron chi connectivity index (χ1n) is 7.30. The molecule has 8 nitrogen and oxygen atoms in total. The number of hydrogen-bond donors (Lipinski definition) is 2. The number of esters is 1. The standard InChI is InChI=1S/C16H13ClN4O4S/c1-25-16(22)10-6-2-5-9-13(10)26(23,24)21-20-15-14(17)18-11-7-3-4-8-12(11)19-15/h2-9,21H,1H3,(H,19,20). The lowest BCUT2D eigenvalue weighted by Crippen LogP contribution is -2.31. The smallest absolute Gasteiger partial charge is 0.339 e. The summed E-state index contributed by atoms with van der Waals surface area (Å²) in [4.78, 5) is 22.0. The highest BCUT2D eigenvalue weighted by Gasteiger charge is 2.23. The van der Waals surface area contributed by atoms with E-state index in [0.29, 0.717) is 11.0 Å². The summed E-state index contributed by atoms with van der Waals surface area (Å²) in [5, 5.41) is -0.00680. The number of fused-ring (bicyclic) bond motifs is 1. The van der Waals surface area contributed by atoms with Crippen LogP contribution in [0, 0.1) is 0 Å². The van der Waals surface area contributed by atoms with Crippen LogP contribution in [0.2, 0.25) is 5.15 Å². The number of carbonyl (C=O) groups excluding carboxylic acids is 1. The number of sulfonamides is 1. The van der Waals surface area contributed by atoms with Gasteiger partial charge in [-0.05, 0) is 24.3 Å². The molecule has 2 N–H and O–H groups in total. The molecule has 3 rings (SSSR count). The summed E-state index contributed by atoms with van der Waals surface area (Å²) in [6, 6.07) is 12.7. The van der Waals surface area contributed by atoms with E-state index in [4.69, 9.17) is 11.6 Å². The van der Waals surface area contributed by atoms with Crippen LogP contribution < -0.4 is 10.3 Å². The number of nitrogens with zero attached hydrogens (tertiary/aromatic N) is 2. The summed E-state index contributed by atoms with van der Waals surface area (Å²) in [7, 11) is -2.93. The van der Waals surface area contributed by atoms with E-state index in [2.05, 4.69) is 25.0 Å². The zero-order chi connectivity index (χ0) is 18.7. The third-order valence-corrected chi connectivity index (χ3v) is 4.98. The van der Waals surface area contributed by atoms with Crippen molar-refractivity contribution in [2.75, 3.05) is 12.5 Å². The van der Waals surface area contributed by atoms with Crippen molar-refractivity contribution in [1.82, 2.24) is 14.8 Å². The molecule has 1 heterocycles. The quantitative estimate of drug-likeness (QED) is 0.506. The Morgan fingerprint density at radius 1 is 1.04 bits per heavy atom. The van der Waals surface area contributed by atoms with Crippen molar-refractivity contribution in [1.29, 1.82) is 0 Å². The van der Waals surface area contributed by atoms with E-state index in [1.807, 2.05) is 0 Å². The van der Waals surface area contributed by atoms with Gasteiger partial charge in [-0.25, -0.2) is 23.2 Å². The number of benzene rings is 2. The molecule has 0 saturated carbocycles. The van der Waals surface area contributed by atoms with Gasteiger partial charge in [0.25, 0.3) is 10.0 Å². The maximum Gasteiger partial charge on any atom is 0.339 e. The van der Waals surface area contributed by atoms with Crippen LogP contribution in [-0.4, -0.2) is 31.5 Å². The number of rotatable bonds is 5. The number of hydrogen-bond acceptors (Lipinski definition) is 7. The lowest BCUT2D eigenvalue weighted by Gasteiger charge is -2.12. The van der Waals surface area contributed by atoms with Crippen molar-refractivity contribution in [2.24, 2.45) is 0 Å². The molecule has 0 atom stereocenters. The minimum atomic E-state index is -4.10. The van der Waals surface area contributed by atoms with Gasteiger partial charge in [-0.3, -0.25) is 5.43 Å². The number of ether oxygens (including phenoxy) is 1. The molecule has 2 aromatic carbocycles. The second-order valence-corrected chi connectivity index (χ2v) is 7.08. The Bertz CT molecular complexity index is 1090. The van der Waals surface area contributed by atoms with Gasteiger partial charge in [0.1, 0.15) is 0 Å². The van der Waals surface area contributed by atoms with Crippen molar-refractivity contribution in [2.45, 2.75) is 4.90 Å². The number of para-hydroxylation sites is 2. The molecular formula is C16H13ClN4O4S. The fourth-order valence-electron chi connectivity index (χ4n) is 2.21. The summed E-state index contributed by atoms with van der Waals surface area (Å²) in [5.74, 6) is -0.737. The number of carbonyl (C=O) groups is 1. The molecule has 0 spiro atoms. The molecular weight excluding hydrogens is 380 g/mol. The number of halogens is 1. The lowest BCUT2D eigenvalue weighted by molar-refractivity contribution is 0.0596. The van der Waals surface area contributed by atoms with Crippen LogP contribution in [0.4, 0.5) is 5.82 Å². The number of methoxy groups -OCH3 is 1. The Morgan fingerprint density at radius 2 is 1.65 bits per heavy atom. The van der Waals surface area contributed by atoms with Crippen LogP contribution >= 0.6 is 11.6 Å². The Labute approximate surface area is 154 Å². The van der Waals surface area contributed by atoms with Gasteiger partial charge < -0.3 is 4.74 Å². The van der Waals surface area contributed by atoms with Crippen LogP contribution in [0.15, 0.2) is 53.4 Å². The van der Waals surface area contributed by atoms with E-state index in [1.54, 1.807) is 24.3 Å². The van der Waals surface area contributed by atoms with Crippen molar-refractivity contribution < 1.29 is 17.9 Å². The van der Waals surface area contributed by atoms with Gasteiger partial charge in [0, 0.05) is 0 Å². The maximum absolute atomic E-state index is 12.5. The highest BCUT2D eigenvalue weighted by molar-refractivity contribution is 7.89. The predicted octanol–water partition coefficient (Wildman–Crippen LogP) is 2.38. The molecule has 26 heavy (non-hydrogen) atoms. The van der Waals surface area contributed by atoms with Crippen molar-refractivity contribution in [3.05, 3.63) is 59.2 Å². The summed E-state index contributed by atoms with van der Waals surface area (Å²) < 4.78 is 29.7. The molecule has 1 aromatic heterocycles. The minimum Gasteiger partial charge on any atom is -0.465 e. The molecule has 0 amide bonds. The highest BCUT2D eigenvalue weighted by Crippen LogP contribution is 2.21. The first-order valence-corrected chi connectivity index (χ1v) is 9.16. The van der Waals surface area contributed by atoms with E-state index in [1.165, 1.54) is 31.4 Å². The van der Waals surface area contributed by atoms with Gasteiger partial charge in [0.2, 0.25) is 0 Å². The average molecular weight is 393 g/mol. The second-order valence-electron chi connectivity index (χ2n) is 5.07. The van der Waals surface area contributed by atoms with Crippen LogP contribution in [0.3, 0.4) is 0 Å². The maximum atomic E-state index is 12.5. The normalized spacial score (nSPS) is 11.3. The number of hydrazine groups is 1. The molecule has 0 radical (unpaired) electrons. The zero-order valence-corrected chi connectivity index (χ0v) is 15.0. The molecule has 0 aliphatic rings. The molecule has 0 unspecified atom stereocenters. The Balaban J connectivity index is 1.90. The predicted molar refractivity (Wildman–Crippen MR) is 96.3 cm³/mol. The molecule has 0 bridgehead atoms. The largest absolute Gasteiger partial charge is 0.465 e. The fourth-order valence-corrected chi connectivity index (χ4v) is 3.43. The van der Waals surface area contributed by atoms with Gasteiger partial charge in [-0.15, -0.1) is 4.83 Å². The van der Waals surface area contributed by atoms with E-state index in [9.17, 15) is 13.2 Å². The lowest BCUT2D eigenvalue weighted by atomic mass is 10.2. The van der Waals surface area contributed by atoms with Gasteiger partial charge in [-0.1, -0.05) is 35.9 Å². The van der Waals surface area contributed by atoms with E-state index in [-0.39, 0.29) is 21.4 Å². The summed E-state index contributed by atoms with van der Waals surface area (Å²) in [5.41, 5.74) is 3.44. The van der Waals surface area contributed by atoms with Crippen molar-refractivity contribution in [3.63, 3.8) is 0 Å². The second kappa shape index (κ2) is 7.24. The number of aromatic nitrogens is 2. The Morgan fingerprint density at radius 3 is 2.35 bits per heavy atom. The number of anilines is 1. The summed E-state index contributed by atoms with van der Waals surface area (Å²) in [6.45, 7) is 0. The molecule has 3 aromatic rings. The topological polar surface area (TPSA) is 110 Å². The molecule has 0 aliphatic carbocycles. The third-order valence-electron chi connectivity index (χ3n) is 3.41. The van der Waals surface area contributed by atoms with Crippen molar-refractivity contribution >= 4 is 44.4 Å². The zero-order valence-electron chi connectivity index (χ0n) is 13.4. The van der Waals surface area contributed by atoms with Crippen LogP contribution in [0.25, 0.3) is 11.0 Å². The molecule has 134 valence electrons. The Hall–Kier alpha value is -2.75. The van der Waals surface area contributed by atoms with Gasteiger partial charge in [0.05, 0.1) is 28.6 Å². The van der Waals surface area contributed by atoms with Gasteiger partial charge >= 0.3 is 5.97 Å². The first-order chi connectivity index (χ1) is 12.4. The SMILES string of the molecule is COC(=O)c1ccccc1S(=O)(=O)NNc1nc2ccccc2nc1Cl. The van der Waals surface area contributed by atoms with Crippen molar-refractivity contribution in [3.8, 4) is 0 Å². The summed E-state index contributed by atoms with van der Waals surface area (Å²) >= 11 is 6.04. The molecule has 0 saturated heterocycles. The summed E-state index contributed by atoms with van der Waals surface area (Å²) in [6.07, 6.45) is 0. The average Bonchev–Trinajstić information content (AvgIpc) is 2.65. The third kappa shape index (κ3) is 3.59. The number of nitrogens with one attached hydrogen (secondary N) is 2. The minimum absolute atomic E-state index is 0.00680. The molecule has 10 heteroatoms. The van der Waals surface area contributed by atoms with Gasteiger partial charge in [-0.2, -0.15) is 0 Å². The molecule has 0 aliphatic heterocycles. The van der Waals surface area contributed by atoms with Crippen LogP contribution in [0.5, 0.6) is 0 Å².